The van der Waals surface area contributed by atoms with Gasteiger partial charge in [0.2, 0.25) is 0 Å². The average molecular weight is 313 g/mol. The van der Waals surface area contributed by atoms with Crippen LogP contribution in [0.25, 0.3) is 10.9 Å². The number of hydrogen-bond donors (Lipinski definition) is 1. The first-order valence-corrected chi connectivity index (χ1v) is 8.88. The number of nitrogens with zero attached hydrogens (tertiary/aromatic N) is 2. The van der Waals surface area contributed by atoms with Crippen LogP contribution in [0, 0.1) is 12.8 Å². The Kier molecular flexibility index (Phi) is 4.28. The fourth-order valence-corrected chi connectivity index (χ4v) is 3.66. The lowest BCUT2D eigenvalue weighted by molar-refractivity contribution is 0.227. The number of aromatic nitrogens is 1. The van der Waals surface area contributed by atoms with E-state index >= 15 is 0 Å². The molecule has 3 heteroatoms. The van der Waals surface area contributed by atoms with E-state index in [4.69, 9.17) is 5.73 Å². The van der Waals surface area contributed by atoms with Crippen molar-refractivity contribution in [3.8, 4) is 0 Å². The minimum Gasteiger partial charge on any atom is -0.348 e. The van der Waals surface area contributed by atoms with E-state index in [0.29, 0.717) is 12.0 Å². The van der Waals surface area contributed by atoms with E-state index in [1.54, 1.807) is 0 Å². The van der Waals surface area contributed by atoms with Crippen LogP contribution in [0.1, 0.15) is 50.1 Å². The summed E-state index contributed by atoms with van der Waals surface area (Å²) < 4.78 is 2.34. The van der Waals surface area contributed by atoms with Crippen LogP contribution < -0.4 is 5.73 Å². The zero-order chi connectivity index (χ0) is 16.9. The quantitative estimate of drug-likeness (QED) is 0.933. The molecule has 1 aromatic heterocycles. The molecule has 0 amide bonds. The van der Waals surface area contributed by atoms with Crippen molar-refractivity contribution in [2.24, 2.45) is 18.7 Å². The van der Waals surface area contributed by atoms with Crippen molar-refractivity contribution in [2.75, 3.05) is 0 Å². The molecule has 1 unspecified atom stereocenters. The Labute approximate surface area is 140 Å². The maximum Gasteiger partial charge on any atom is 0.0486 e. The Morgan fingerprint density at radius 1 is 1.09 bits per heavy atom. The van der Waals surface area contributed by atoms with E-state index in [1.165, 1.54) is 33.3 Å². The topological polar surface area (TPSA) is 34.2 Å². The first-order chi connectivity index (χ1) is 10.8. The molecule has 3 rings (SSSR count). The lowest BCUT2D eigenvalue weighted by atomic mass is 9.95. The van der Waals surface area contributed by atoms with Crippen LogP contribution >= 0.6 is 0 Å². The van der Waals surface area contributed by atoms with Gasteiger partial charge in [-0.2, -0.15) is 0 Å². The molecule has 0 saturated carbocycles. The van der Waals surface area contributed by atoms with Gasteiger partial charge in [0.25, 0.3) is 0 Å². The second kappa shape index (κ2) is 5.95. The summed E-state index contributed by atoms with van der Waals surface area (Å²) >= 11 is 0. The third-order valence-electron chi connectivity index (χ3n) is 5.72. The lowest BCUT2D eigenvalue weighted by Crippen LogP contribution is -2.29. The van der Waals surface area contributed by atoms with Crippen LogP contribution in [0.2, 0.25) is 0 Å². The van der Waals surface area contributed by atoms with Gasteiger partial charge < -0.3 is 10.3 Å². The number of fused-ring (bicyclic) bond motifs is 2. The van der Waals surface area contributed by atoms with E-state index in [1.807, 2.05) is 0 Å². The molecule has 0 spiro atoms. The Morgan fingerprint density at radius 2 is 1.70 bits per heavy atom. The summed E-state index contributed by atoms with van der Waals surface area (Å²) in [6.45, 7) is 13.4. The predicted octanol–water partition coefficient (Wildman–Crippen LogP) is 3.74. The summed E-state index contributed by atoms with van der Waals surface area (Å²) in [4.78, 5) is 2.54. The SMILES string of the molecule is Cc1c(CC(N)C(C)C)c2cc3c(cc2n1C)CN(C(C)C)C3. The molecule has 1 aromatic carbocycles. The van der Waals surface area contributed by atoms with E-state index in [2.05, 4.69) is 63.3 Å². The van der Waals surface area contributed by atoms with Gasteiger partial charge in [-0.05, 0) is 61.9 Å². The average Bonchev–Trinajstić information content (AvgIpc) is 3.00. The Bertz CT molecular complexity index is 724. The maximum absolute atomic E-state index is 6.37. The van der Waals surface area contributed by atoms with Crippen molar-refractivity contribution in [3.05, 3.63) is 34.5 Å². The van der Waals surface area contributed by atoms with Crippen LogP contribution in [-0.4, -0.2) is 21.6 Å². The molecule has 1 aliphatic heterocycles. The van der Waals surface area contributed by atoms with Crippen molar-refractivity contribution in [1.82, 2.24) is 9.47 Å². The summed E-state index contributed by atoms with van der Waals surface area (Å²) in [7, 11) is 2.18. The molecule has 126 valence electrons. The standard InChI is InChI=1S/C20H31N3/c1-12(2)19(21)9-17-14(5)22(6)20-8-16-11-23(13(3)4)10-15(16)7-18(17)20/h7-8,12-13,19H,9-11,21H2,1-6H3. The van der Waals surface area contributed by atoms with Crippen LogP contribution in [0.4, 0.5) is 0 Å². The van der Waals surface area contributed by atoms with Crippen LogP contribution in [-0.2, 0) is 26.6 Å². The molecule has 0 saturated heterocycles. The molecule has 0 radical (unpaired) electrons. The van der Waals surface area contributed by atoms with Gasteiger partial charge in [0.1, 0.15) is 0 Å². The molecule has 0 bridgehead atoms. The predicted molar refractivity (Wildman–Crippen MR) is 98.6 cm³/mol. The molecular formula is C20H31N3. The Hall–Kier alpha value is -1.32. The number of nitrogens with two attached hydrogens (primary N) is 1. The van der Waals surface area contributed by atoms with Crippen molar-refractivity contribution in [3.63, 3.8) is 0 Å². The Balaban J connectivity index is 2.06. The zero-order valence-electron chi connectivity index (χ0n) is 15.5. The van der Waals surface area contributed by atoms with Crippen molar-refractivity contribution in [2.45, 2.75) is 66.2 Å². The molecule has 2 heterocycles. The van der Waals surface area contributed by atoms with Gasteiger partial charge in [-0.1, -0.05) is 13.8 Å². The van der Waals surface area contributed by atoms with Crippen LogP contribution in [0.15, 0.2) is 12.1 Å². The number of aryl methyl sites for hydroxylation is 1. The molecule has 1 atom stereocenters. The van der Waals surface area contributed by atoms with Gasteiger partial charge in [-0.15, -0.1) is 0 Å². The highest BCUT2D eigenvalue weighted by Crippen LogP contribution is 2.33. The minimum atomic E-state index is 0.222. The third kappa shape index (κ3) is 2.81. The van der Waals surface area contributed by atoms with Crippen molar-refractivity contribution < 1.29 is 0 Å². The highest BCUT2D eigenvalue weighted by atomic mass is 15.2. The largest absolute Gasteiger partial charge is 0.348 e. The molecule has 2 N–H and O–H groups in total. The normalized spacial score (nSPS) is 16.7. The zero-order valence-corrected chi connectivity index (χ0v) is 15.5. The highest BCUT2D eigenvalue weighted by molar-refractivity contribution is 5.87. The fraction of sp³-hybridized carbons (Fsp3) is 0.600. The van der Waals surface area contributed by atoms with Crippen molar-refractivity contribution >= 4 is 10.9 Å². The van der Waals surface area contributed by atoms with E-state index in [9.17, 15) is 0 Å². The van der Waals surface area contributed by atoms with Crippen LogP contribution in [0.5, 0.6) is 0 Å². The molecular weight excluding hydrogens is 282 g/mol. The molecule has 0 aliphatic carbocycles. The van der Waals surface area contributed by atoms with Crippen LogP contribution in [0.3, 0.4) is 0 Å². The van der Waals surface area contributed by atoms with E-state index in [-0.39, 0.29) is 6.04 Å². The number of rotatable bonds is 4. The highest BCUT2D eigenvalue weighted by Gasteiger charge is 2.24. The van der Waals surface area contributed by atoms with Gasteiger partial charge in [0, 0.05) is 48.8 Å². The smallest absolute Gasteiger partial charge is 0.0486 e. The first-order valence-electron chi connectivity index (χ1n) is 8.88. The van der Waals surface area contributed by atoms with E-state index < -0.39 is 0 Å². The van der Waals surface area contributed by atoms with Gasteiger partial charge in [0.05, 0.1) is 0 Å². The minimum absolute atomic E-state index is 0.222. The Morgan fingerprint density at radius 3 is 2.26 bits per heavy atom. The second-order valence-corrected chi connectivity index (χ2v) is 7.87. The first kappa shape index (κ1) is 16.5. The summed E-state index contributed by atoms with van der Waals surface area (Å²) in [5, 5.41) is 1.41. The summed E-state index contributed by atoms with van der Waals surface area (Å²) in [5.74, 6) is 0.510. The number of benzene rings is 1. The fourth-order valence-electron chi connectivity index (χ4n) is 3.66. The third-order valence-corrected chi connectivity index (χ3v) is 5.72. The van der Waals surface area contributed by atoms with Crippen molar-refractivity contribution in [1.29, 1.82) is 0 Å². The van der Waals surface area contributed by atoms with Gasteiger partial charge in [-0.3, -0.25) is 4.90 Å². The van der Waals surface area contributed by atoms with Gasteiger partial charge in [0.15, 0.2) is 0 Å². The molecule has 1 aliphatic rings. The second-order valence-electron chi connectivity index (χ2n) is 7.87. The number of hydrogen-bond acceptors (Lipinski definition) is 2. The summed E-state index contributed by atoms with van der Waals surface area (Å²) in [6, 6.07) is 5.66. The summed E-state index contributed by atoms with van der Waals surface area (Å²) in [6.07, 6.45) is 0.966. The molecule has 0 fully saturated rings. The monoisotopic (exact) mass is 313 g/mol. The molecule has 3 nitrogen and oxygen atoms in total. The molecule has 23 heavy (non-hydrogen) atoms. The van der Waals surface area contributed by atoms with E-state index in [0.717, 1.165) is 19.5 Å². The maximum atomic E-state index is 6.37. The van der Waals surface area contributed by atoms with Gasteiger partial charge >= 0.3 is 0 Å². The van der Waals surface area contributed by atoms with Gasteiger partial charge in [-0.25, -0.2) is 0 Å². The molecule has 2 aromatic rings. The lowest BCUT2D eigenvalue weighted by Gasteiger charge is -2.18. The summed E-state index contributed by atoms with van der Waals surface area (Å²) in [5.41, 5.74) is 13.5.